The van der Waals surface area contributed by atoms with Gasteiger partial charge in [-0.25, -0.2) is 0 Å². The van der Waals surface area contributed by atoms with Crippen LogP contribution in [-0.2, 0) is 4.79 Å². The van der Waals surface area contributed by atoms with E-state index in [9.17, 15) is 18.0 Å². The lowest BCUT2D eigenvalue weighted by atomic mass is 9.91. The van der Waals surface area contributed by atoms with Gasteiger partial charge in [0.2, 0.25) is 0 Å². The van der Waals surface area contributed by atoms with Gasteiger partial charge in [-0.1, -0.05) is 43.3 Å². The van der Waals surface area contributed by atoms with Crippen LogP contribution in [-0.4, -0.2) is 12.5 Å². The minimum atomic E-state index is -4.49. The molecule has 0 aliphatic rings. The first kappa shape index (κ1) is 14.5. The van der Waals surface area contributed by atoms with Crippen molar-refractivity contribution >= 4 is 11.9 Å². The SMILES string of the molecule is C/C(=C\C(C)C(C=O)C(F)(F)F)c1ccccc1. The molecule has 0 saturated heterocycles. The molecule has 0 aromatic heterocycles. The zero-order chi connectivity index (χ0) is 13.8. The number of hydrogen-bond donors (Lipinski definition) is 0. The van der Waals surface area contributed by atoms with Gasteiger partial charge in [-0.05, 0) is 24.0 Å². The Bertz CT molecular complexity index is 420. The van der Waals surface area contributed by atoms with Crippen LogP contribution in [0.4, 0.5) is 13.2 Å². The van der Waals surface area contributed by atoms with Crippen molar-refractivity contribution in [1.29, 1.82) is 0 Å². The van der Waals surface area contributed by atoms with Crippen LogP contribution in [0.2, 0.25) is 0 Å². The highest BCUT2D eigenvalue weighted by Crippen LogP contribution is 2.32. The maximum atomic E-state index is 12.6. The minimum Gasteiger partial charge on any atom is -0.303 e. The second-order valence-electron chi connectivity index (χ2n) is 4.28. The van der Waals surface area contributed by atoms with Crippen molar-refractivity contribution in [2.45, 2.75) is 20.0 Å². The first-order chi connectivity index (χ1) is 8.36. The fourth-order valence-corrected chi connectivity index (χ4v) is 1.79. The van der Waals surface area contributed by atoms with Crippen LogP contribution in [0, 0.1) is 11.8 Å². The van der Waals surface area contributed by atoms with Crippen LogP contribution in [0.1, 0.15) is 19.4 Å². The van der Waals surface area contributed by atoms with Gasteiger partial charge >= 0.3 is 6.18 Å². The number of allylic oxidation sites excluding steroid dienone is 2. The van der Waals surface area contributed by atoms with Crippen molar-refractivity contribution < 1.29 is 18.0 Å². The van der Waals surface area contributed by atoms with Gasteiger partial charge < -0.3 is 4.79 Å². The third-order valence-electron chi connectivity index (χ3n) is 2.83. The topological polar surface area (TPSA) is 17.1 Å². The standard InChI is InChI=1S/C14H15F3O/c1-10(12-6-4-3-5-7-12)8-11(2)13(9-18)14(15,16)17/h3-9,11,13H,1-2H3/b10-8+. The number of halogens is 3. The molecule has 1 aromatic rings. The van der Waals surface area contributed by atoms with Crippen molar-refractivity contribution in [3.05, 3.63) is 42.0 Å². The first-order valence-corrected chi connectivity index (χ1v) is 5.62. The lowest BCUT2D eigenvalue weighted by Crippen LogP contribution is -2.29. The Morgan fingerprint density at radius 2 is 1.78 bits per heavy atom. The molecule has 0 aliphatic heterocycles. The summed E-state index contributed by atoms with van der Waals surface area (Å²) >= 11 is 0. The molecule has 0 heterocycles. The van der Waals surface area contributed by atoms with Gasteiger partial charge in [-0.2, -0.15) is 13.2 Å². The van der Waals surface area contributed by atoms with Gasteiger partial charge in [0.25, 0.3) is 0 Å². The summed E-state index contributed by atoms with van der Waals surface area (Å²) in [5.41, 5.74) is 1.59. The zero-order valence-corrected chi connectivity index (χ0v) is 10.2. The summed E-state index contributed by atoms with van der Waals surface area (Å²) in [6, 6.07) is 9.12. The van der Waals surface area contributed by atoms with E-state index in [4.69, 9.17) is 0 Å². The molecule has 0 amide bonds. The fourth-order valence-electron chi connectivity index (χ4n) is 1.79. The highest BCUT2D eigenvalue weighted by atomic mass is 19.4. The predicted octanol–water partition coefficient (Wildman–Crippen LogP) is 4.10. The van der Waals surface area contributed by atoms with Crippen LogP contribution in [0.3, 0.4) is 0 Å². The quantitative estimate of drug-likeness (QED) is 0.741. The molecule has 98 valence electrons. The molecule has 2 atom stereocenters. The van der Waals surface area contributed by atoms with Crippen LogP contribution >= 0.6 is 0 Å². The largest absolute Gasteiger partial charge is 0.398 e. The average molecular weight is 256 g/mol. The molecule has 0 N–H and O–H groups in total. The normalized spacial score (nSPS) is 16.2. The fraction of sp³-hybridized carbons (Fsp3) is 0.357. The van der Waals surface area contributed by atoms with E-state index in [2.05, 4.69) is 0 Å². The number of rotatable bonds is 4. The second kappa shape index (κ2) is 5.85. The number of benzene rings is 1. The summed E-state index contributed by atoms with van der Waals surface area (Å²) < 4.78 is 37.7. The third kappa shape index (κ3) is 3.72. The van der Waals surface area contributed by atoms with Crippen LogP contribution < -0.4 is 0 Å². The zero-order valence-electron chi connectivity index (χ0n) is 10.2. The maximum absolute atomic E-state index is 12.6. The molecule has 1 nitrogen and oxygen atoms in total. The van der Waals surface area contributed by atoms with E-state index in [1.807, 2.05) is 30.3 Å². The van der Waals surface area contributed by atoms with Crippen molar-refractivity contribution in [3.8, 4) is 0 Å². The Labute approximate surface area is 104 Å². The number of carbonyl (C=O) groups excluding carboxylic acids is 1. The first-order valence-electron chi connectivity index (χ1n) is 5.62. The van der Waals surface area contributed by atoms with Crippen molar-refractivity contribution in [2.75, 3.05) is 0 Å². The summed E-state index contributed by atoms with van der Waals surface area (Å²) in [7, 11) is 0. The Kier molecular flexibility index (Phi) is 4.70. The van der Waals surface area contributed by atoms with E-state index in [1.54, 1.807) is 6.92 Å². The molecule has 1 aromatic carbocycles. The Hall–Kier alpha value is -1.58. The van der Waals surface area contributed by atoms with E-state index in [0.717, 1.165) is 11.1 Å². The average Bonchev–Trinajstić information content (AvgIpc) is 2.29. The third-order valence-corrected chi connectivity index (χ3v) is 2.83. The molecular weight excluding hydrogens is 241 g/mol. The second-order valence-corrected chi connectivity index (χ2v) is 4.28. The molecule has 1 rings (SSSR count). The van der Waals surface area contributed by atoms with Gasteiger partial charge in [0.1, 0.15) is 12.2 Å². The summed E-state index contributed by atoms with van der Waals surface area (Å²) in [5, 5.41) is 0. The van der Waals surface area contributed by atoms with Gasteiger partial charge in [0.15, 0.2) is 0 Å². The summed E-state index contributed by atoms with van der Waals surface area (Å²) in [6.45, 7) is 3.14. The maximum Gasteiger partial charge on any atom is 0.398 e. The summed E-state index contributed by atoms with van der Waals surface area (Å²) in [6.07, 6.45) is -3.03. The molecule has 0 spiro atoms. The molecule has 4 heteroatoms. The Morgan fingerprint density at radius 3 is 2.22 bits per heavy atom. The molecule has 0 bridgehead atoms. The van der Waals surface area contributed by atoms with E-state index in [0.29, 0.717) is 0 Å². The van der Waals surface area contributed by atoms with Crippen LogP contribution in [0.5, 0.6) is 0 Å². The minimum absolute atomic E-state index is 0.0283. The smallest absolute Gasteiger partial charge is 0.303 e. The lowest BCUT2D eigenvalue weighted by Gasteiger charge is -2.19. The number of carbonyl (C=O) groups is 1. The molecular formula is C14H15F3O. The molecule has 18 heavy (non-hydrogen) atoms. The summed E-state index contributed by atoms with van der Waals surface area (Å²) in [5.74, 6) is -2.82. The Morgan fingerprint density at radius 1 is 1.22 bits per heavy atom. The number of aldehydes is 1. The highest BCUT2D eigenvalue weighted by Gasteiger charge is 2.42. The molecule has 0 saturated carbocycles. The van der Waals surface area contributed by atoms with Crippen LogP contribution in [0.25, 0.3) is 5.57 Å². The monoisotopic (exact) mass is 256 g/mol. The van der Waals surface area contributed by atoms with Crippen molar-refractivity contribution in [3.63, 3.8) is 0 Å². The van der Waals surface area contributed by atoms with Gasteiger partial charge in [0, 0.05) is 0 Å². The van der Waals surface area contributed by atoms with Gasteiger partial charge in [-0.15, -0.1) is 0 Å². The molecule has 0 aliphatic carbocycles. The van der Waals surface area contributed by atoms with Crippen LogP contribution in [0.15, 0.2) is 36.4 Å². The lowest BCUT2D eigenvalue weighted by molar-refractivity contribution is -0.180. The van der Waals surface area contributed by atoms with Gasteiger partial charge in [0.05, 0.1) is 0 Å². The molecule has 0 fully saturated rings. The van der Waals surface area contributed by atoms with E-state index < -0.39 is 18.0 Å². The van der Waals surface area contributed by atoms with E-state index >= 15 is 0 Å². The van der Waals surface area contributed by atoms with E-state index in [1.165, 1.54) is 13.0 Å². The predicted molar refractivity (Wildman–Crippen MR) is 64.9 cm³/mol. The number of alkyl halides is 3. The van der Waals surface area contributed by atoms with Crippen molar-refractivity contribution in [1.82, 2.24) is 0 Å². The summed E-state index contributed by atoms with van der Waals surface area (Å²) in [4.78, 5) is 10.6. The Balaban J connectivity index is 2.92. The molecule has 2 unspecified atom stereocenters. The highest BCUT2D eigenvalue weighted by molar-refractivity contribution is 5.65. The van der Waals surface area contributed by atoms with E-state index in [-0.39, 0.29) is 6.29 Å². The van der Waals surface area contributed by atoms with Gasteiger partial charge in [-0.3, -0.25) is 0 Å². The number of hydrogen-bond acceptors (Lipinski definition) is 1. The van der Waals surface area contributed by atoms with Crippen molar-refractivity contribution in [2.24, 2.45) is 11.8 Å². The molecule has 0 radical (unpaired) electrons.